The van der Waals surface area contributed by atoms with Gasteiger partial charge in [0.1, 0.15) is 12.1 Å². The number of hydrogen-bond acceptors (Lipinski definition) is 3. The first-order valence-corrected chi connectivity index (χ1v) is 11.9. The van der Waals surface area contributed by atoms with E-state index in [1.807, 2.05) is 59.2 Å². The van der Waals surface area contributed by atoms with Crippen LogP contribution in [-0.4, -0.2) is 26.8 Å². The maximum absolute atomic E-state index is 13.5. The zero-order valence-electron chi connectivity index (χ0n) is 19.8. The minimum absolute atomic E-state index is 0.105. The predicted molar refractivity (Wildman–Crippen MR) is 140 cm³/mol. The number of nitrogens with one attached hydrogen (secondary N) is 1. The summed E-state index contributed by atoms with van der Waals surface area (Å²) in [7, 11) is 0. The highest BCUT2D eigenvalue weighted by Crippen LogP contribution is 2.27. The van der Waals surface area contributed by atoms with Gasteiger partial charge >= 0.3 is 0 Å². The summed E-state index contributed by atoms with van der Waals surface area (Å²) in [6, 6.07) is 26.3. The van der Waals surface area contributed by atoms with Crippen molar-refractivity contribution in [1.82, 2.24) is 19.7 Å². The number of fused-ring (bicyclic) bond motifs is 3. The Morgan fingerprint density at radius 3 is 2.49 bits per heavy atom. The van der Waals surface area contributed by atoms with E-state index in [2.05, 4.69) is 41.6 Å². The van der Waals surface area contributed by atoms with Crippen LogP contribution in [0.15, 0.2) is 89.9 Å². The number of para-hydroxylation sites is 1. The van der Waals surface area contributed by atoms with Gasteiger partial charge in [-0.15, -0.1) is 0 Å². The number of rotatable bonds is 8. The predicted octanol–water partition coefficient (Wildman–Crippen LogP) is 4.46. The molecule has 2 aromatic heterocycles. The van der Waals surface area contributed by atoms with Gasteiger partial charge in [0, 0.05) is 29.4 Å². The van der Waals surface area contributed by atoms with Gasteiger partial charge in [-0.2, -0.15) is 5.10 Å². The fraction of sp³-hybridized carbons (Fsp3) is 0.207. The quantitative estimate of drug-likeness (QED) is 0.345. The van der Waals surface area contributed by atoms with E-state index in [1.165, 1.54) is 15.8 Å². The molecule has 0 saturated heterocycles. The van der Waals surface area contributed by atoms with E-state index in [-0.39, 0.29) is 18.0 Å². The Bertz CT molecular complexity index is 1550. The summed E-state index contributed by atoms with van der Waals surface area (Å²) in [5.74, 6) is -0.214. The summed E-state index contributed by atoms with van der Waals surface area (Å²) in [6.07, 6.45) is 3.43. The van der Waals surface area contributed by atoms with Crippen LogP contribution >= 0.6 is 0 Å². The smallest absolute Gasteiger partial charge is 0.291 e. The molecule has 3 aromatic carbocycles. The van der Waals surface area contributed by atoms with Crippen LogP contribution in [0, 0.1) is 6.92 Å². The lowest BCUT2D eigenvalue weighted by atomic mass is 10.1. The van der Waals surface area contributed by atoms with Crippen molar-refractivity contribution in [2.75, 3.05) is 6.54 Å². The summed E-state index contributed by atoms with van der Waals surface area (Å²) in [6.45, 7) is 3.09. The standard InChI is InChI=1S/C29H28N4O2/c1-21-10-5-6-14-23(21)19-32-26-16-8-7-15-24(26)25-18-31-33(29(35)28(25)32)20-27(34)30-17-9-13-22-11-3-2-4-12-22/h2-8,10-12,14-16,18H,9,13,17,19-20H2,1H3,(H,30,34). The minimum Gasteiger partial charge on any atom is -0.354 e. The first-order valence-electron chi connectivity index (χ1n) is 11.9. The van der Waals surface area contributed by atoms with Crippen molar-refractivity contribution in [2.24, 2.45) is 0 Å². The molecule has 1 N–H and O–H groups in total. The fourth-order valence-corrected chi connectivity index (χ4v) is 4.59. The Balaban J connectivity index is 1.40. The van der Waals surface area contributed by atoms with Crippen LogP contribution in [0.2, 0.25) is 0 Å². The maximum atomic E-state index is 13.5. The SMILES string of the molecule is Cc1ccccc1Cn1c2ccccc2c2cnn(CC(=O)NCCCc3ccccc3)c(=O)c21. The number of carbonyl (C=O) groups excluding carboxylic acids is 1. The van der Waals surface area contributed by atoms with Crippen molar-refractivity contribution in [2.45, 2.75) is 32.9 Å². The molecule has 35 heavy (non-hydrogen) atoms. The molecule has 0 atom stereocenters. The Morgan fingerprint density at radius 1 is 0.914 bits per heavy atom. The molecule has 0 aliphatic rings. The normalized spacial score (nSPS) is 11.2. The molecular weight excluding hydrogens is 436 g/mol. The van der Waals surface area contributed by atoms with Gasteiger partial charge in [0.15, 0.2) is 0 Å². The molecule has 0 radical (unpaired) electrons. The van der Waals surface area contributed by atoms with Crippen LogP contribution in [0.4, 0.5) is 0 Å². The average molecular weight is 465 g/mol. The third-order valence-electron chi connectivity index (χ3n) is 6.46. The Kier molecular flexibility index (Phi) is 6.44. The van der Waals surface area contributed by atoms with E-state index >= 15 is 0 Å². The van der Waals surface area contributed by atoms with Gasteiger partial charge in [-0.05, 0) is 42.5 Å². The first-order chi connectivity index (χ1) is 17.1. The van der Waals surface area contributed by atoms with E-state index in [0.29, 0.717) is 18.6 Å². The summed E-state index contributed by atoms with van der Waals surface area (Å²) in [5, 5.41) is 9.05. The summed E-state index contributed by atoms with van der Waals surface area (Å²) in [5.41, 5.74) is 4.85. The number of nitrogens with zero attached hydrogens (tertiary/aromatic N) is 3. The lowest BCUT2D eigenvalue weighted by Crippen LogP contribution is -2.34. The van der Waals surface area contributed by atoms with Gasteiger partial charge < -0.3 is 9.88 Å². The van der Waals surface area contributed by atoms with Crippen LogP contribution in [0.5, 0.6) is 0 Å². The van der Waals surface area contributed by atoms with Crippen molar-refractivity contribution in [3.05, 3.63) is 112 Å². The Hall–Kier alpha value is -4.19. The molecule has 0 aliphatic carbocycles. The first kappa shape index (κ1) is 22.6. The van der Waals surface area contributed by atoms with Gasteiger partial charge in [0.05, 0.1) is 6.20 Å². The molecule has 5 aromatic rings. The number of benzene rings is 3. The molecular formula is C29H28N4O2. The van der Waals surface area contributed by atoms with E-state index in [4.69, 9.17) is 0 Å². The number of aryl methyl sites for hydroxylation is 2. The topological polar surface area (TPSA) is 68.9 Å². The molecule has 176 valence electrons. The van der Waals surface area contributed by atoms with Crippen LogP contribution in [0.1, 0.15) is 23.1 Å². The van der Waals surface area contributed by atoms with Crippen LogP contribution in [0.25, 0.3) is 21.8 Å². The molecule has 1 amide bonds. The second-order valence-corrected chi connectivity index (χ2v) is 8.84. The molecule has 0 aliphatic heterocycles. The number of aromatic nitrogens is 3. The molecule has 5 rings (SSSR count). The highest BCUT2D eigenvalue weighted by atomic mass is 16.2. The van der Waals surface area contributed by atoms with Crippen molar-refractivity contribution in [3.63, 3.8) is 0 Å². The third kappa shape index (κ3) is 4.73. The van der Waals surface area contributed by atoms with Crippen molar-refractivity contribution in [3.8, 4) is 0 Å². The van der Waals surface area contributed by atoms with Crippen molar-refractivity contribution < 1.29 is 4.79 Å². The van der Waals surface area contributed by atoms with Crippen LogP contribution < -0.4 is 10.9 Å². The van der Waals surface area contributed by atoms with Gasteiger partial charge in [-0.1, -0.05) is 72.8 Å². The van der Waals surface area contributed by atoms with Crippen molar-refractivity contribution >= 4 is 27.7 Å². The second-order valence-electron chi connectivity index (χ2n) is 8.84. The Labute approximate surface area is 203 Å². The molecule has 6 nitrogen and oxygen atoms in total. The van der Waals surface area contributed by atoms with E-state index in [9.17, 15) is 9.59 Å². The fourth-order valence-electron chi connectivity index (χ4n) is 4.59. The zero-order chi connectivity index (χ0) is 24.2. The van der Waals surface area contributed by atoms with Crippen molar-refractivity contribution in [1.29, 1.82) is 0 Å². The number of hydrogen-bond donors (Lipinski definition) is 1. The van der Waals surface area contributed by atoms with E-state index in [0.717, 1.165) is 34.7 Å². The Morgan fingerprint density at radius 2 is 1.66 bits per heavy atom. The highest BCUT2D eigenvalue weighted by Gasteiger charge is 2.17. The summed E-state index contributed by atoms with van der Waals surface area (Å²) in [4.78, 5) is 26.1. The lowest BCUT2D eigenvalue weighted by molar-refractivity contribution is -0.121. The number of carbonyl (C=O) groups is 1. The second kappa shape index (κ2) is 9.97. The van der Waals surface area contributed by atoms with Crippen LogP contribution in [0.3, 0.4) is 0 Å². The largest absolute Gasteiger partial charge is 0.354 e. The molecule has 0 unspecified atom stereocenters. The van der Waals surface area contributed by atoms with E-state index in [1.54, 1.807) is 6.20 Å². The highest BCUT2D eigenvalue weighted by molar-refractivity contribution is 6.07. The molecule has 0 spiro atoms. The molecule has 0 bridgehead atoms. The van der Waals surface area contributed by atoms with Gasteiger partial charge in [0.25, 0.3) is 5.56 Å². The third-order valence-corrected chi connectivity index (χ3v) is 6.46. The molecule has 0 fully saturated rings. The lowest BCUT2D eigenvalue weighted by Gasteiger charge is -2.11. The molecule has 0 saturated carbocycles. The summed E-state index contributed by atoms with van der Waals surface area (Å²) < 4.78 is 3.31. The average Bonchev–Trinajstić information content (AvgIpc) is 3.20. The van der Waals surface area contributed by atoms with Gasteiger partial charge in [-0.25, -0.2) is 4.68 Å². The summed E-state index contributed by atoms with van der Waals surface area (Å²) >= 11 is 0. The van der Waals surface area contributed by atoms with Crippen LogP contribution in [-0.2, 0) is 24.3 Å². The monoisotopic (exact) mass is 464 g/mol. The molecule has 6 heteroatoms. The minimum atomic E-state index is -0.258. The van der Waals surface area contributed by atoms with E-state index < -0.39 is 0 Å². The van der Waals surface area contributed by atoms with Gasteiger partial charge in [-0.3, -0.25) is 9.59 Å². The zero-order valence-corrected chi connectivity index (χ0v) is 19.8. The maximum Gasteiger partial charge on any atom is 0.291 e. The molecule has 2 heterocycles. The van der Waals surface area contributed by atoms with Gasteiger partial charge in [0.2, 0.25) is 5.91 Å². The number of amides is 1.